The average Bonchev–Trinajstić information content (AvgIpc) is 3.36. The van der Waals surface area contributed by atoms with Crippen LogP contribution in [0.2, 0.25) is 0 Å². The smallest absolute Gasteiger partial charge is 0.195 e. The van der Waals surface area contributed by atoms with Gasteiger partial charge in [0.05, 0.1) is 31.5 Å². The third kappa shape index (κ3) is 3.35. The van der Waals surface area contributed by atoms with E-state index in [2.05, 4.69) is 9.97 Å². The predicted molar refractivity (Wildman–Crippen MR) is 117 cm³/mol. The summed E-state index contributed by atoms with van der Waals surface area (Å²) >= 11 is 1.36. The Balaban J connectivity index is 1.54. The van der Waals surface area contributed by atoms with Gasteiger partial charge in [0.25, 0.3) is 0 Å². The minimum atomic E-state index is -0.652. The molecule has 2 atom stereocenters. The molecule has 1 aliphatic carbocycles. The lowest BCUT2D eigenvalue weighted by Gasteiger charge is -2.21. The van der Waals surface area contributed by atoms with E-state index in [1.807, 2.05) is 47.0 Å². The Labute approximate surface area is 183 Å². The highest BCUT2D eigenvalue weighted by Gasteiger charge is 2.34. The van der Waals surface area contributed by atoms with Crippen LogP contribution in [0.1, 0.15) is 23.3 Å². The second-order valence-electron chi connectivity index (χ2n) is 7.25. The molecule has 3 N–H and O–H groups in total. The van der Waals surface area contributed by atoms with Crippen molar-refractivity contribution in [1.82, 2.24) is 19.5 Å². The van der Waals surface area contributed by atoms with Gasteiger partial charge < -0.3 is 24.9 Å². The first kappa shape index (κ1) is 19.7. The number of nitrogens with two attached hydrogens (primary N) is 1. The maximum Gasteiger partial charge on any atom is 0.195 e. The lowest BCUT2D eigenvalue weighted by Crippen LogP contribution is -2.18. The number of hydrogen-bond donors (Lipinski definition) is 2. The van der Waals surface area contributed by atoms with E-state index in [4.69, 9.17) is 20.2 Å². The highest BCUT2D eigenvalue weighted by atomic mass is 32.2. The monoisotopic (exact) mass is 435 g/mol. The first-order valence-corrected chi connectivity index (χ1v) is 10.6. The molecule has 0 amide bonds. The van der Waals surface area contributed by atoms with Crippen LogP contribution in [-0.4, -0.2) is 38.8 Å². The Hall–Kier alpha value is -3.30. The molecule has 158 valence electrons. The molecule has 0 saturated heterocycles. The largest absolute Gasteiger partial charge is 0.497 e. The number of aliphatic hydroxyl groups excluding tert-OH is 1. The molecule has 0 radical (unpaired) electrons. The van der Waals surface area contributed by atoms with Gasteiger partial charge in [0.15, 0.2) is 22.5 Å². The second-order valence-corrected chi connectivity index (χ2v) is 8.26. The summed E-state index contributed by atoms with van der Waals surface area (Å²) in [5.41, 5.74) is 8.67. The maximum absolute atomic E-state index is 10.9. The van der Waals surface area contributed by atoms with Gasteiger partial charge in [-0.2, -0.15) is 0 Å². The number of fused-ring (bicyclic) bond motifs is 2. The molecule has 2 unspecified atom stereocenters. The number of hydrogen-bond acceptors (Lipinski definition) is 8. The highest BCUT2D eigenvalue weighted by Crippen LogP contribution is 2.43. The van der Waals surface area contributed by atoms with Crippen LogP contribution in [0.15, 0.2) is 58.8 Å². The number of anilines is 1. The van der Waals surface area contributed by atoms with Gasteiger partial charge in [0, 0.05) is 0 Å². The number of nitrogen functional groups attached to an aromatic ring is 1. The molecule has 31 heavy (non-hydrogen) atoms. The van der Waals surface area contributed by atoms with Crippen molar-refractivity contribution in [3.63, 3.8) is 0 Å². The maximum atomic E-state index is 10.9. The van der Waals surface area contributed by atoms with Gasteiger partial charge in [-0.15, -0.1) is 0 Å². The Morgan fingerprint density at radius 3 is 2.74 bits per heavy atom. The van der Waals surface area contributed by atoms with Crippen molar-refractivity contribution < 1.29 is 14.6 Å². The summed E-state index contributed by atoms with van der Waals surface area (Å²) in [5, 5.41) is 11.4. The zero-order valence-corrected chi connectivity index (χ0v) is 17.8. The second kappa shape index (κ2) is 7.75. The van der Waals surface area contributed by atoms with Crippen molar-refractivity contribution in [2.45, 2.75) is 28.6 Å². The highest BCUT2D eigenvalue weighted by molar-refractivity contribution is 7.99. The molecule has 0 spiro atoms. The Bertz CT molecular complexity index is 1230. The number of imidazole rings is 1. The first-order chi connectivity index (χ1) is 15.1. The molecule has 3 aliphatic rings. The molecule has 5 rings (SSSR count). The van der Waals surface area contributed by atoms with Crippen molar-refractivity contribution in [3.05, 3.63) is 59.9 Å². The molecule has 2 aromatic rings. The molecule has 0 aromatic heterocycles. The van der Waals surface area contributed by atoms with Gasteiger partial charge in [-0.3, -0.25) is 0 Å². The van der Waals surface area contributed by atoms with E-state index in [-0.39, 0.29) is 6.04 Å². The number of aliphatic hydroxyl groups is 1. The van der Waals surface area contributed by atoms with E-state index < -0.39 is 6.10 Å². The fourth-order valence-electron chi connectivity index (χ4n) is 3.96. The number of benzene rings is 2. The fourth-order valence-corrected chi connectivity index (χ4v) is 4.85. The average molecular weight is 436 g/mol. The summed E-state index contributed by atoms with van der Waals surface area (Å²) < 4.78 is 12.7. The minimum Gasteiger partial charge on any atom is -0.497 e. The van der Waals surface area contributed by atoms with Crippen LogP contribution in [0, 0.1) is 0 Å². The van der Waals surface area contributed by atoms with Crippen LogP contribution in [0.5, 0.6) is 11.5 Å². The summed E-state index contributed by atoms with van der Waals surface area (Å²) in [6, 6.07) is 13.2. The SMILES string of the molecule is COc1ccc(OC)c(Sc2nc3c(N)ncn(C4Cc5ccccc5C4O)c-3n2)c1. The molecular weight excluding hydrogens is 414 g/mol. The number of nitrogens with zero attached hydrogens (tertiary/aromatic N) is 4. The van der Waals surface area contributed by atoms with Crippen LogP contribution in [0.25, 0.3) is 11.5 Å². The third-order valence-electron chi connectivity index (χ3n) is 5.53. The predicted octanol–water partition coefficient (Wildman–Crippen LogP) is 3.36. The molecule has 0 bridgehead atoms. The number of ether oxygens (including phenoxy) is 2. The van der Waals surface area contributed by atoms with Gasteiger partial charge in [-0.05, 0) is 47.5 Å². The van der Waals surface area contributed by atoms with Crippen LogP contribution < -0.4 is 15.2 Å². The van der Waals surface area contributed by atoms with Crippen LogP contribution in [0.4, 0.5) is 5.82 Å². The fraction of sp³-hybridized carbons (Fsp3) is 0.227. The van der Waals surface area contributed by atoms with Crippen LogP contribution >= 0.6 is 11.8 Å². The molecule has 2 heterocycles. The zero-order chi connectivity index (χ0) is 21.5. The van der Waals surface area contributed by atoms with Gasteiger partial charge in [-0.1, -0.05) is 24.3 Å². The zero-order valence-electron chi connectivity index (χ0n) is 17.0. The standard InChI is InChI=1S/C22H21N5O3S/c1-29-13-7-8-16(30-2)17(10-13)31-22-25-18-20(23)24-11-27(21(18)26-22)15-9-12-5-3-4-6-14(12)19(15)28/h3-8,10-11,15,19,28H,9,23H2,1-2H3. The third-order valence-corrected chi connectivity index (χ3v) is 6.43. The molecule has 2 aromatic carbocycles. The quantitative estimate of drug-likeness (QED) is 0.491. The summed E-state index contributed by atoms with van der Waals surface area (Å²) in [6.07, 6.45) is 1.66. The van der Waals surface area contributed by atoms with Crippen molar-refractivity contribution in [1.29, 1.82) is 0 Å². The molecule has 0 fully saturated rings. The van der Waals surface area contributed by atoms with Crippen LogP contribution in [0.3, 0.4) is 0 Å². The van der Waals surface area contributed by atoms with Crippen molar-refractivity contribution in [2.24, 2.45) is 0 Å². The summed E-state index contributed by atoms with van der Waals surface area (Å²) in [7, 11) is 3.23. The Morgan fingerprint density at radius 1 is 1.13 bits per heavy atom. The Morgan fingerprint density at radius 2 is 1.97 bits per heavy atom. The molecule has 9 heteroatoms. The Kier molecular flexibility index (Phi) is 4.91. The summed E-state index contributed by atoms with van der Waals surface area (Å²) in [5.74, 6) is 2.30. The minimum absolute atomic E-state index is 0.228. The lowest BCUT2D eigenvalue weighted by atomic mass is 10.1. The first-order valence-electron chi connectivity index (χ1n) is 9.75. The van der Waals surface area contributed by atoms with Gasteiger partial charge >= 0.3 is 0 Å². The van der Waals surface area contributed by atoms with Gasteiger partial charge in [-0.25, -0.2) is 15.0 Å². The van der Waals surface area contributed by atoms with E-state index in [0.29, 0.717) is 40.4 Å². The van der Waals surface area contributed by atoms with Crippen molar-refractivity contribution in [2.75, 3.05) is 20.0 Å². The van der Waals surface area contributed by atoms with E-state index in [9.17, 15) is 5.11 Å². The lowest BCUT2D eigenvalue weighted by molar-refractivity contribution is 0.127. The van der Waals surface area contributed by atoms with Gasteiger partial charge in [0.2, 0.25) is 0 Å². The van der Waals surface area contributed by atoms with E-state index in [0.717, 1.165) is 16.0 Å². The molecule has 2 aliphatic heterocycles. The van der Waals surface area contributed by atoms with Crippen molar-refractivity contribution >= 4 is 17.6 Å². The van der Waals surface area contributed by atoms with E-state index in [1.54, 1.807) is 20.5 Å². The normalized spacial score (nSPS) is 17.6. The molecule has 0 saturated carbocycles. The van der Waals surface area contributed by atoms with Crippen LogP contribution in [-0.2, 0) is 6.42 Å². The number of rotatable bonds is 5. The topological polar surface area (TPSA) is 108 Å². The van der Waals surface area contributed by atoms with E-state index >= 15 is 0 Å². The molecular formula is C22H21N5O3S. The summed E-state index contributed by atoms with van der Waals surface area (Å²) in [4.78, 5) is 14.5. The van der Waals surface area contributed by atoms with Crippen molar-refractivity contribution in [3.8, 4) is 23.0 Å². The number of aromatic nitrogens is 4. The summed E-state index contributed by atoms with van der Waals surface area (Å²) in [6.45, 7) is 0. The number of methoxy groups -OCH3 is 2. The van der Waals surface area contributed by atoms with Gasteiger partial charge in [0.1, 0.15) is 17.6 Å². The molecule has 8 nitrogen and oxygen atoms in total. The van der Waals surface area contributed by atoms with E-state index in [1.165, 1.54) is 11.8 Å².